The minimum absolute atomic E-state index is 0.793. The van der Waals surface area contributed by atoms with E-state index in [2.05, 4.69) is 47.8 Å². The Labute approximate surface area is 162 Å². The SMILES string of the molecule is C=Cc1cccc(NC(=C/C)/N=C\C=C(/C)c2ccc(NC(=C)C)cc2)c1. The Bertz CT molecular complexity index is 884. The van der Waals surface area contributed by atoms with Crippen LogP contribution in [0, 0.1) is 0 Å². The summed E-state index contributed by atoms with van der Waals surface area (Å²) in [6.07, 6.45) is 7.59. The van der Waals surface area contributed by atoms with E-state index in [1.165, 1.54) is 0 Å². The molecule has 0 atom stereocenters. The Hall–Kier alpha value is -3.33. The van der Waals surface area contributed by atoms with Crippen molar-refractivity contribution in [1.82, 2.24) is 0 Å². The smallest absolute Gasteiger partial charge is 0.125 e. The molecule has 2 aromatic rings. The predicted octanol–water partition coefficient (Wildman–Crippen LogP) is 6.72. The van der Waals surface area contributed by atoms with Gasteiger partial charge in [0.2, 0.25) is 0 Å². The van der Waals surface area contributed by atoms with Gasteiger partial charge in [-0.1, -0.05) is 43.5 Å². The van der Waals surface area contributed by atoms with Gasteiger partial charge < -0.3 is 10.6 Å². The van der Waals surface area contributed by atoms with Crippen molar-refractivity contribution < 1.29 is 0 Å². The lowest BCUT2D eigenvalue weighted by molar-refractivity contribution is 1.29. The molecule has 3 nitrogen and oxygen atoms in total. The van der Waals surface area contributed by atoms with Gasteiger partial charge in [-0.15, -0.1) is 0 Å². The van der Waals surface area contributed by atoms with E-state index in [1.807, 2.05) is 74.7 Å². The van der Waals surface area contributed by atoms with E-state index < -0.39 is 0 Å². The second kappa shape index (κ2) is 9.97. The van der Waals surface area contributed by atoms with Gasteiger partial charge in [-0.3, -0.25) is 0 Å². The Kier molecular flexibility index (Phi) is 7.38. The van der Waals surface area contributed by atoms with Crippen LogP contribution in [0.5, 0.6) is 0 Å². The topological polar surface area (TPSA) is 36.4 Å². The van der Waals surface area contributed by atoms with Crippen LogP contribution in [-0.4, -0.2) is 6.21 Å². The number of rotatable bonds is 8. The van der Waals surface area contributed by atoms with Crippen LogP contribution in [-0.2, 0) is 0 Å². The maximum Gasteiger partial charge on any atom is 0.125 e. The Morgan fingerprint density at radius 3 is 2.37 bits per heavy atom. The molecule has 2 N–H and O–H groups in total. The van der Waals surface area contributed by atoms with Crippen molar-refractivity contribution >= 4 is 29.2 Å². The zero-order chi connectivity index (χ0) is 19.6. The molecule has 0 radical (unpaired) electrons. The van der Waals surface area contributed by atoms with Crippen LogP contribution in [0.2, 0.25) is 0 Å². The summed E-state index contributed by atoms with van der Waals surface area (Å²) in [5.41, 5.74) is 6.31. The van der Waals surface area contributed by atoms with Crippen LogP contribution in [0.3, 0.4) is 0 Å². The van der Waals surface area contributed by atoms with Crippen LogP contribution in [0.25, 0.3) is 11.6 Å². The molecule has 0 amide bonds. The van der Waals surface area contributed by atoms with E-state index in [0.29, 0.717) is 0 Å². The van der Waals surface area contributed by atoms with Gasteiger partial charge in [-0.05, 0) is 73.9 Å². The fourth-order valence-electron chi connectivity index (χ4n) is 2.46. The summed E-state index contributed by atoms with van der Waals surface area (Å²) in [5.74, 6) is 0.793. The zero-order valence-electron chi connectivity index (χ0n) is 16.3. The summed E-state index contributed by atoms with van der Waals surface area (Å²) in [5, 5.41) is 6.52. The molecule has 0 aliphatic heterocycles. The van der Waals surface area contributed by atoms with Gasteiger partial charge in [0, 0.05) is 23.3 Å². The fraction of sp³-hybridized carbons (Fsp3) is 0.125. The minimum Gasteiger partial charge on any atom is -0.360 e. The van der Waals surface area contributed by atoms with Crippen LogP contribution in [0.4, 0.5) is 11.4 Å². The highest BCUT2D eigenvalue weighted by Gasteiger charge is 1.98. The fourth-order valence-corrected chi connectivity index (χ4v) is 2.46. The number of aliphatic imine (C=N–C) groups is 1. The predicted molar refractivity (Wildman–Crippen MR) is 121 cm³/mol. The van der Waals surface area contributed by atoms with Crippen molar-refractivity contribution in [3.05, 3.63) is 96.5 Å². The van der Waals surface area contributed by atoms with E-state index in [4.69, 9.17) is 0 Å². The summed E-state index contributed by atoms with van der Waals surface area (Å²) in [7, 11) is 0. The molecule has 0 bridgehead atoms. The van der Waals surface area contributed by atoms with Gasteiger partial charge in [0.25, 0.3) is 0 Å². The highest BCUT2D eigenvalue weighted by atomic mass is 15.0. The molecule has 0 aliphatic rings. The highest BCUT2D eigenvalue weighted by molar-refractivity contribution is 5.84. The van der Waals surface area contributed by atoms with Crippen molar-refractivity contribution in [1.29, 1.82) is 0 Å². The van der Waals surface area contributed by atoms with Crippen molar-refractivity contribution in [2.75, 3.05) is 10.6 Å². The van der Waals surface area contributed by atoms with Gasteiger partial charge in [0.05, 0.1) is 0 Å². The molecule has 0 saturated carbocycles. The molecule has 0 unspecified atom stereocenters. The third-order valence-electron chi connectivity index (χ3n) is 3.90. The molecule has 0 aromatic heterocycles. The number of benzene rings is 2. The number of hydrogen-bond donors (Lipinski definition) is 2. The van der Waals surface area contributed by atoms with E-state index in [-0.39, 0.29) is 0 Å². The van der Waals surface area contributed by atoms with E-state index in [1.54, 1.807) is 0 Å². The van der Waals surface area contributed by atoms with Gasteiger partial charge in [0.1, 0.15) is 5.82 Å². The number of nitrogens with one attached hydrogen (secondary N) is 2. The third-order valence-corrected chi connectivity index (χ3v) is 3.90. The van der Waals surface area contributed by atoms with E-state index in [0.717, 1.165) is 39.6 Å². The van der Waals surface area contributed by atoms with Crippen molar-refractivity contribution in [2.24, 2.45) is 4.99 Å². The number of allylic oxidation sites excluding steroid dienone is 4. The van der Waals surface area contributed by atoms with Gasteiger partial charge >= 0.3 is 0 Å². The molecule has 0 fully saturated rings. The standard InChI is InChI=1S/C24H27N3/c1-6-20-9-8-10-23(17-20)27-24(7-2)25-16-15-19(5)21-11-13-22(14-12-21)26-18(3)4/h6-17,26-27H,1,3H2,2,4-5H3/b19-15+,24-7+,25-16-. The molecule has 138 valence electrons. The highest BCUT2D eigenvalue weighted by Crippen LogP contribution is 2.18. The maximum atomic E-state index is 4.51. The lowest BCUT2D eigenvalue weighted by Gasteiger charge is -2.07. The molecule has 0 aliphatic carbocycles. The molecule has 2 rings (SSSR count). The van der Waals surface area contributed by atoms with Gasteiger partial charge in [-0.2, -0.15) is 0 Å². The summed E-state index contributed by atoms with van der Waals surface area (Å²) in [6.45, 7) is 13.6. The summed E-state index contributed by atoms with van der Waals surface area (Å²) < 4.78 is 0. The normalized spacial score (nSPS) is 12.1. The molecule has 0 heterocycles. The van der Waals surface area contributed by atoms with Crippen molar-refractivity contribution in [2.45, 2.75) is 20.8 Å². The first-order chi connectivity index (χ1) is 13.0. The monoisotopic (exact) mass is 357 g/mol. The largest absolute Gasteiger partial charge is 0.360 e. The Morgan fingerprint density at radius 2 is 1.74 bits per heavy atom. The zero-order valence-corrected chi connectivity index (χ0v) is 16.3. The molecule has 3 heteroatoms. The Balaban J connectivity index is 2.04. The van der Waals surface area contributed by atoms with Crippen LogP contribution >= 0.6 is 0 Å². The first-order valence-electron chi connectivity index (χ1n) is 8.91. The molecule has 0 saturated heterocycles. The lowest BCUT2D eigenvalue weighted by Crippen LogP contribution is -1.97. The van der Waals surface area contributed by atoms with E-state index >= 15 is 0 Å². The second-order valence-electron chi connectivity index (χ2n) is 6.24. The van der Waals surface area contributed by atoms with E-state index in [9.17, 15) is 0 Å². The second-order valence-corrected chi connectivity index (χ2v) is 6.24. The molecule has 2 aromatic carbocycles. The van der Waals surface area contributed by atoms with Crippen LogP contribution in [0.1, 0.15) is 31.9 Å². The quantitative estimate of drug-likeness (QED) is 0.514. The average Bonchev–Trinajstić information content (AvgIpc) is 2.67. The van der Waals surface area contributed by atoms with Crippen molar-refractivity contribution in [3.8, 4) is 0 Å². The molecule has 27 heavy (non-hydrogen) atoms. The molecular weight excluding hydrogens is 330 g/mol. The first kappa shape index (κ1) is 20.0. The average molecular weight is 358 g/mol. The van der Waals surface area contributed by atoms with Crippen molar-refractivity contribution in [3.63, 3.8) is 0 Å². The summed E-state index contributed by atoms with van der Waals surface area (Å²) in [4.78, 5) is 4.51. The number of nitrogens with zero attached hydrogens (tertiary/aromatic N) is 1. The molecule has 0 spiro atoms. The summed E-state index contributed by atoms with van der Waals surface area (Å²) in [6, 6.07) is 16.3. The number of hydrogen-bond acceptors (Lipinski definition) is 3. The van der Waals surface area contributed by atoms with Crippen LogP contribution in [0.15, 0.2) is 90.4 Å². The maximum absolute atomic E-state index is 4.51. The van der Waals surface area contributed by atoms with Gasteiger partial charge in [0.15, 0.2) is 0 Å². The molecular formula is C24H27N3. The summed E-state index contributed by atoms with van der Waals surface area (Å²) >= 11 is 0. The lowest BCUT2D eigenvalue weighted by atomic mass is 10.1. The Morgan fingerprint density at radius 1 is 1.00 bits per heavy atom. The first-order valence-corrected chi connectivity index (χ1v) is 8.91. The number of anilines is 2. The van der Waals surface area contributed by atoms with Gasteiger partial charge in [-0.25, -0.2) is 4.99 Å². The minimum atomic E-state index is 0.793. The van der Waals surface area contributed by atoms with Crippen LogP contribution < -0.4 is 10.6 Å². The third kappa shape index (κ3) is 6.48.